The van der Waals surface area contributed by atoms with Crippen molar-refractivity contribution in [2.24, 2.45) is 5.41 Å². The monoisotopic (exact) mass is 260 g/mol. The molecule has 1 heterocycles. The van der Waals surface area contributed by atoms with Gasteiger partial charge < -0.3 is 10.2 Å². The van der Waals surface area contributed by atoms with Gasteiger partial charge in [-0.15, -0.1) is 0 Å². The molecule has 0 aromatic heterocycles. The van der Waals surface area contributed by atoms with Crippen LogP contribution in [0.4, 0.5) is 5.69 Å². The van der Waals surface area contributed by atoms with Crippen LogP contribution in [-0.2, 0) is 0 Å². The SMILES string of the molecule is Cc1ccc(N2CCCNC(C(C)(C)C)C2)cc1C. The molecule has 19 heavy (non-hydrogen) atoms. The van der Waals surface area contributed by atoms with Gasteiger partial charge in [0.15, 0.2) is 0 Å². The molecule has 2 heteroatoms. The first-order valence-electron chi connectivity index (χ1n) is 7.43. The molecule has 1 unspecified atom stereocenters. The predicted octanol–water partition coefficient (Wildman–Crippen LogP) is 3.52. The summed E-state index contributed by atoms with van der Waals surface area (Å²) in [6, 6.07) is 7.40. The summed E-state index contributed by atoms with van der Waals surface area (Å²) in [7, 11) is 0. The minimum Gasteiger partial charge on any atom is -0.370 e. The Hall–Kier alpha value is -1.02. The lowest BCUT2D eigenvalue weighted by atomic mass is 9.86. The number of nitrogens with one attached hydrogen (secondary N) is 1. The summed E-state index contributed by atoms with van der Waals surface area (Å²) in [6.45, 7) is 14.8. The molecule has 0 amide bonds. The molecule has 1 N–H and O–H groups in total. The Balaban J connectivity index is 2.20. The van der Waals surface area contributed by atoms with Crippen molar-refractivity contribution in [3.63, 3.8) is 0 Å². The molecule has 1 atom stereocenters. The van der Waals surface area contributed by atoms with Crippen molar-refractivity contribution >= 4 is 5.69 Å². The first-order valence-corrected chi connectivity index (χ1v) is 7.43. The summed E-state index contributed by atoms with van der Waals surface area (Å²) in [5.41, 5.74) is 4.45. The number of nitrogens with zero attached hydrogens (tertiary/aromatic N) is 1. The number of anilines is 1. The highest BCUT2D eigenvalue weighted by Gasteiger charge is 2.28. The van der Waals surface area contributed by atoms with Gasteiger partial charge in [-0.25, -0.2) is 0 Å². The van der Waals surface area contributed by atoms with Crippen molar-refractivity contribution in [3.8, 4) is 0 Å². The lowest BCUT2D eigenvalue weighted by Gasteiger charge is -2.34. The van der Waals surface area contributed by atoms with Gasteiger partial charge in [0, 0.05) is 24.8 Å². The molecule has 0 spiro atoms. The normalized spacial score (nSPS) is 21.3. The van der Waals surface area contributed by atoms with E-state index >= 15 is 0 Å². The Morgan fingerprint density at radius 1 is 1.16 bits per heavy atom. The van der Waals surface area contributed by atoms with Crippen molar-refractivity contribution < 1.29 is 0 Å². The van der Waals surface area contributed by atoms with Gasteiger partial charge >= 0.3 is 0 Å². The van der Waals surface area contributed by atoms with E-state index in [2.05, 4.69) is 63.0 Å². The Bertz CT molecular complexity index is 431. The second-order valence-electron chi connectivity index (χ2n) is 6.94. The van der Waals surface area contributed by atoms with Gasteiger partial charge in [0.1, 0.15) is 0 Å². The minimum atomic E-state index is 0.308. The van der Waals surface area contributed by atoms with Gasteiger partial charge in [0.2, 0.25) is 0 Å². The molecule has 1 aliphatic heterocycles. The number of benzene rings is 1. The highest BCUT2D eigenvalue weighted by Crippen LogP contribution is 2.25. The van der Waals surface area contributed by atoms with Gasteiger partial charge in [-0.1, -0.05) is 26.8 Å². The van der Waals surface area contributed by atoms with Crippen LogP contribution in [0.1, 0.15) is 38.3 Å². The Morgan fingerprint density at radius 3 is 2.53 bits per heavy atom. The molecule has 2 nitrogen and oxygen atoms in total. The molecular formula is C17H28N2. The van der Waals surface area contributed by atoms with Crippen LogP contribution in [0.2, 0.25) is 0 Å². The maximum atomic E-state index is 3.71. The quantitative estimate of drug-likeness (QED) is 0.831. The summed E-state index contributed by atoms with van der Waals surface area (Å²) in [5, 5.41) is 3.71. The number of hydrogen-bond donors (Lipinski definition) is 1. The molecule has 0 radical (unpaired) electrons. The molecule has 1 fully saturated rings. The van der Waals surface area contributed by atoms with E-state index in [4.69, 9.17) is 0 Å². The van der Waals surface area contributed by atoms with Crippen LogP contribution in [0.5, 0.6) is 0 Å². The number of hydrogen-bond acceptors (Lipinski definition) is 2. The van der Waals surface area contributed by atoms with Gasteiger partial charge in [-0.05, 0) is 55.5 Å². The van der Waals surface area contributed by atoms with E-state index in [9.17, 15) is 0 Å². The van der Waals surface area contributed by atoms with Gasteiger partial charge in [-0.2, -0.15) is 0 Å². The molecular weight excluding hydrogens is 232 g/mol. The van der Waals surface area contributed by atoms with Crippen molar-refractivity contribution in [3.05, 3.63) is 29.3 Å². The first-order chi connectivity index (χ1) is 8.88. The van der Waals surface area contributed by atoms with E-state index in [0.717, 1.165) is 19.6 Å². The summed E-state index contributed by atoms with van der Waals surface area (Å²) < 4.78 is 0. The summed E-state index contributed by atoms with van der Waals surface area (Å²) in [6.07, 6.45) is 1.22. The largest absolute Gasteiger partial charge is 0.370 e. The lowest BCUT2D eigenvalue weighted by Crippen LogP contribution is -2.46. The number of rotatable bonds is 1. The Morgan fingerprint density at radius 2 is 1.89 bits per heavy atom. The topological polar surface area (TPSA) is 15.3 Å². The molecule has 0 saturated carbocycles. The van der Waals surface area contributed by atoms with E-state index < -0.39 is 0 Å². The molecule has 1 aromatic rings. The van der Waals surface area contributed by atoms with E-state index in [-0.39, 0.29) is 0 Å². The van der Waals surface area contributed by atoms with E-state index in [1.165, 1.54) is 23.2 Å². The predicted molar refractivity (Wildman–Crippen MR) is 84.0 cm³/mol. The molecule has 0 aliphatic carbocycles. The zero-order chi connectivity index (χ0) is 14.0. The van der Waals surface area contributed by atoms with Gasteiger partial charge in [0.05, 0.1) is 0 Å². The average molecular weight is 260 g/mol. The number of aryl methyl sites for hydroxylation is 2. The summed E-state index contributed by atoms with van der Waals surface area (Å²) >= 11 is 0. The Labute approximate surface area is 118 Å². The van der Waals surface area contributed by atoms with E-state index in [0.29, 0.717) is 11.5 Å². The molecule has 1 aliphatic rings. The van der Waals surface area contributed by atoms with Crippen LogP contribution < -0.4 is 10.2 Å². The standard InChI is InChI=1S/C17H28N2/c1-13-7-8-15(11-14(13)2)19-10-6-9-18-16(12-19)17(3,4)5/h7-8,11,16,18H,6,9-10,12H2,1-5H3. The Kier molecular flexibility index (Phi) is 4.19. The van der Waals surface area contributed by atoms with Gasteiger partial charge in [0.25, 0.3) is 0 Å². The highest BCUT2D eigenvalue weighted by atomic mass is 15.2. The third-order valence-electron chi connectivity index (χ3n) is 4.30. The van der Waals surface area contributed by atoms with E-state index in [1.807, 2.05) is 0 Å². The smallest absolute Gasteiger partial charge is 0.0369 e. The average Bonchev–Trinajstić information content (AvgIpc) is 2.58. The fraction of sp³-hybridized carbons (Fsp3) is 0.647. The highest BCUT2D eigenvalue weighted by molar-refractivity contribution is 5.51. The minimum absolute atomic E-state index is 0.308. The zero-order valence-corrected chi connectivity index (χ0v) is 13.1. The van der Waals surface area contributed by atoms with Gasteiger partial charge in [-0.3, -0.25) is 0 Å². The van der Waals surface area contributed by atoms with Crippen LogP contribution >= 0.6 is 0 Å². The molecule has 1 aromatic carbocycles. The maximum Gasteiger partial charge on any atom is 0.0369 e. The van der Waals surface area contributed by atoms with Crippen molar-refractivity contribution in [2.45, 2.75) is 47.1 Å². The third kappa shape index (κ3) is 3.50. The van der Waals surface area contributed by atoms with Crippen LogP contribution in [0.25, 0.3) is 0 Å². The van der Waals surface area contributed by atoms with Crippen molar-refractivity contribution in [2.75, 3.05) is 24.5 Å². The molecule has 1 saturated heterocycles. The third-order valence-corrected chi connectivity index (χ3v) is 4.30. The first kappa shape index (κ1) is 14.4. The van der Waals surface area contributed by atoms with Crippen LogP contribution in [0, 0.1) is 19.3 Å². The molecule has 2 rings (SSSR count). The summed E-state index contributed by atoms with van der Waals surface area (Å²) in [4.78, 5) is 2.54. The van der Waals surface area contributed by atoms with Crippen LogP contribution in [-0.4, -0.2) is 25.7 Å². The van der Waals surface area contributed by atoms with Crippen LogP contribution in [0.3, 0.4) is 0 Å². The molecule has 0 bridgehead atoms. The van der Waals surface area contributed by atoms with Crippen LogP contribution in [0.15, 0.2) is 18.2 Å². The fourth-order valence-corrected chi connectivity index (χ4v) is 2.66. The molecule has 106 valence electrons. The second kappa shape index (κ2) is 5.54. The summed E-state index contributed by atoms with van der Waals surface area (Å²) in [5.74, 6) is 0. The second-order valence-corrected chi connectivity index (χ2v) is 6.94. The fourth-order valence-electron chi connectivity index (χ4n) is 2.66. The zero-order valence-electron chi connectivity index (χ0n) is 13.1. The van der Waals surface area contributed by atoms with E-state index in [1.54, 1.807) is 0 Å². The van der Waals surface area contributed by atoms with Crippen molar-refractivity contribution in [1.82, 2.24) is 5.32 Å². The van der Waals surface area contributed by atoms with Crippen molar-refractivity contribution in [1.29, 1.82) is 0 Å². The lowest BCUT2D eigenvalue weighted by molar-refractivity contribution is 0.280. The maximum absolute atomic E-state index is 3.71.